The maximum absolute atomic E-state index is 13.1. The van der Waals surface area contributed by atoms with Crippen LogP contribution in [0, 0.1) is 5.82 Å². The fraction of sp³-hybridized carbons (Fsp3) is 0.440. The number of aliphatic hydroxyl groups excluding tert-OH is 2. The molecule has 2 fully saturated rings. The molecule has 0 saturated carbocycles. The summed E-state index contributed by atoms with van der Waals surface area (Å²) in [6.07, 6.45) is -4.23. The highest BCUT2D eigenvalue weighted by molar-refractivity contribution is 5.94. The van der Waals surface area contributed by atoms with Gasteiger partial charge < -0.3 is 34.8 Å². The highest BCUT2D eigenvalue weighted by atomic mass is 19.1. The second-order valence-electron chi connectivity index (χ2n) is 8.68. The van der Waals surface area contributed by atoms with Gasteiger partial charge in [-0.3, -0.25) is 9.59 Å². The van der Waals surface area contributed by atoms with Crippen molar-refractivity contribution in [2.75, 3.05) is 44.7 Å². The second-order valence-corrected chi connectivity index (χ2v) is 8.68. The van der Waals surface area contributed by atoms with Crippen molar-refractivity contribution >= 4 is 17.5 Å². The summed E-state index contributed by atoms with van der Waals surface area (Å²) >= 11 is 0. The molecule has 2 saturated heterocycles. The molecule has 4 rings (SSSR count). The van der Waals surface area contributed by atoms with E-state index < -0.39 is 24.4 Å². The molecule has 2 aliphatic rings. The number of halogens is 1. The molecule has 35 heavy (non-hydrogen) atoms. The standard InChI is InChI=1S/C25H30FN3O6/c1-34-19-8-2-16(3-9-19)25(33)27-15-21-24(32)23(31)20(35-21)14-22(30)29-12-10-28(11-13-29)18-6-4-17(26)5-7-18/h2-9,20-21,23-24,31-32H,10-15H2,1H3,(H,27,33)/t20-,21-,23-,24+/m0/s1. The van der Waals surface area contributed by atoms with Crippen molar-refractivity contribution in [1.82, 2.24) is 10.2 Å². The van der Waals surface area contributed by atoms with Crippen molar-refractivity contribution < 1.29 is 33.7 Å². The Morgan fingerprint density at radius 1 is 1.00 bits per heavy atom. The Morgan fingerprint density at radius 3 is 2.26 bits per heavy atom. The van der Waals surface area contributed by atoms with Gasteiger partial charge in [0.1, 0.15) is 29.9 Å². The van der Waals surface area contributed by atoms with Crippen molar-refractivity contribution in [3.63, 3.8) is 0 Å². The first kappa shape index (κ1) is 24.9. The number of amides is 2. The third kappa shape index (κ3) is 5.90. The SMILES string of the molecule is COc1ccc(C(=O)NC[C@@H]2O[C@@H](CC(=O)N3CCN(c4ccc(F)cc4)CC3)[C@H](O)[C@@H]2O)cc1. The third-order valence-electron chi connectivity index (χ3n) is 6.48. The summed E-state index contributed by atoms with van der Waals surface area (Å²) in [4.78, 5) is 28.9. The molecule has 0 radical (unpaired) electrons. The smallest absolute Gasteiger partial charge is 0.251 e. The summed E-state index contributed by atoms with van der Waals surface area (Å²) in [6.45, 7) is 2.18. The van der Waals surface area contributed by atoms with Crippen LogP contribution in [-0.2, 0) is 9.53 Å². The molecule has 2 heterocycles. The van der Waals surface area contributed by atoms with Gasteiger partial charge in [0.05, 0.1) is 19.6 Å². The lowest BCUT2D eigenvalue weighted by Crippen LogP contribution is -2.49. The molecule has 10 heteroatoms. The number of carbonyl (C=O) groups excluding carboxylic acids is 2. The van der Waals surface area contributed by atoms with E-state index >= 15 is 0 Å². The molecule has 4 atom stereocenters. The Bertz CT molecular complexity index is 1010. The first-order valence-corrected chi connectivity index (χ1v) is 11.6. The molecule has 3 N–H and O–H groups in total. The first-order valence-electron chi connectivity index (χ1n) is 11.6. The van der Waals surface area contributed by atoms with E-state index in [2.05, 4.69) is 10.2 Å². The Kier molecular flexibility index (Phi) is 7.84. The molecule has 2 aromatic rings. The van der Waals surface area contributed by atoms with Gasteiger partial charge in [0.2, 0.25) is 5.91 Å². The van der Waals surface area contributed by atoms with Crippen molar-refractivity contribution in [2.45, 2.75) is 30.8 Å². The van der Waals surface area contributed by atoms with Gasteiger partial charge in [0, 0.05) is 44.0 Å². The van der Waals surface area contributed by atoms with Gasteiger partial charge in [-0.2, -0.15) is 0 Å². The van der Waals surface area contributed by atoms with Crippen LogP contribution in [-0.4, -0.2) is 91.2 Å². The van der Waals surface area contributed by atoms with Crippen LogP contribution >= 0.6 is 0 Å². The highest BCUT2D eigenvalue weighted by Gasteiger charge is 2.44. The molecule has 0 aromatic heterocycles. The summed E-state index contributed by atoms with van der Waals surface area (Å²) in [7, 11) is 1.54. The largest absolute Gasteiger partial charge is 0.497 e. The molecular formula is C25H30FN3O6. The van der Waals surface area contributed by atoms with E-state index in [1.54, 1.807) is 41.3 Å². The average molecular weight is 488 g/mol. The number of rotatable bonds is 7. The van der Waals surface area contributed by atoms with E-state index in [0.717, 1.165) is 5.69 Å². The molecule has 188 valence electrons. The highest BCUT2D eigenvalue weighted by Crippen LogP contribution is 2.25. The van der Waals surface area contributed by atoms with E-state index in [1.165, 1.54) is 19.2 Å². The van der Waals surface area contributed by atoms with Crippen LogP contribution in [0.5, 0.6) is 5.75 Å². The molecule has 0 unspecified atom stereocenters. The van der Waals surface area contributed by atoms with E-state index in [0.29, 0.717) is 37.5 Å². The van der Waals surface area contributed by atoms with Crippen LogP contribution in [0.15, 0.2) is 48.5 Å². The Labute approximate surface area is 203 Å². The summed E-state index contributed by atoms with van der Waals surface area (Å²) < 4.78 is 24.0. The van der Waals surface area contributed by atoms with Gasteiger partial charge in [-0.1, -0.05) is 0 Å². The number of methoxy groups -OCH3 is 1. The number of piperazine rings is 1. The number of anilines is 1. The summed E-state index contributed by atoms with van der Waals surface area (Å²) in [5, 5.41) is 23.5. The topological polar surface area (TPSA) is 112 Å². The lowest BCUT2D eigenvalue weighted by molar-refractivity contribution is -0.135. The minimum atomic E-state index is -1.23. The molecule has 0 spiro atoms. The van der Waals surface area contributed by atoms with Crippen LogP contribution in [0.25, 0.3) is 0 Å². The van der Waals surface area contributed by atoms with Crippen LogP contribution in [0.3, 0.4) is 0 Å². The van der Waals surface area contributed by atoms with Crippen molar-refractivity contribution in [1.29, 1.82) is 0 Å². The molecular weight excluding hydrogens is 457 g/mol. The summed E-state index contributed by atoms with van der Waals surface area (Å²) in [5.41, 5.74) is 1.32. The van der Waals surface area contributed by atoms with Crippen molar-refractivity contribution in [3.05, 3.63) is 59.9 Å². The third-order valence-corrected chi connectivity index (χ3v) is 6.48. The minimum Gasteiger partial charge on any atom is -0.497 e. The molecule has 2 amide bonds. The van der Waals surface area contributed by atoms with E-state index in [4.69, 9.17) is 9.47 Å². The minimum absolute atomic E-state index is 0.00980. The zero-order valence-electron chi connectivity index (χ0n) is 19.5. The number of aliphatic hydroxyl groups is 2. The average Bonchev–Trinajstić information content (AvgIpc) is 3.15. The van der Waals surface area contributed by atoms with Crippen LogP contribution in [0.1, 0.15) is 16.8 Å². The predicted octanol–water partition coefficient (Wildman–Crippen LogP) is 0.792. The number of nitrogens with zero attached hydrogens (tertiary/aromatic N) is 2. The maximum Gasteiger partial charge on any atom is 0.251 e. The first-order chi connectivity index (χ1) is 16.9. The van der Waals surface area contributed by atoms with Gasteiger partial charge in [0.15, 0.2) is 0 Å². The van der Waals surface area contributed by atoms with Crippen molar-refractivity contribution in [3.8, 4) is 5.75 Å². The molecule has 2 aliphatic heterocycles. The summed E-state index contributed by atoms with van der Waals surface area (Å²) in [6, 6.07) is 12.8. The monoisotopic (exact) mass is 487 g/mol. The lowest BCUT2D eigenvalue weighted by atomic mass is 10.0. The van der Waals surface area contributed by atoms with Gasteiger partial charge >= 0.3 is 0 Å². The van der Waals surface area contributed by atoms with Gasteiger partial charge in [0.25, 0.3) is 5.91 Å². The van der Waals surface area contributed by atoms with Crippen LogP contribution < -0.4 is 15.0 Å². The molecule has 2 aromatic carbocycles. The van der Waals surface area contributed by atoms with E-state index in [1.807, 2.05) is 0 Å². The number of benzene rings is 2. The fourth-order valence-corrected chi connectivity index (χ4v) is 4.37. The van der Waals surface area contributed by atoms with Crippen LogP contribution in [0.2, 0.25) is 0 Å². The number of hydrogen-bond acceptors (Lipinski definition) is 7. The molecule has 0 aliphatic carbocycles. The number of hydrogen-bond donors (Lipinski definition) is 3. The Hall–Kier alpha value is -3.21. The number of nitrogens with one attached hydrogen (secondary N) is 1. The zero-order chi connectivity index (χ0) is 24.9. The lowest BCUT2D eigenvalue weighted by Gasteiger charge is -2.36. The van der Waals surface area contributed by atoms with Gasteiger partial charge in [-0.05, 0) is 48.5 Å². The Balaban J connectivity index is 1.24. The summed E-state index contributed by atoms with van der Waals surface area (Å²) in [5.74, 6) is -0.193. The normalized spacial score (nSPS) is 24.3. The quantitative estimate of drug-likeness (QED) is 0.530. The maximum atomic E-state index is 13.1. The number of carbonyl (C=O) groups is 2. The number of ether oxygens (including phenoxy) is 2. The fourth-order valence-electron chi connectivity index (χ4n) is 4.37. The van der Waals surface area contributed by atoms with Gasteiger partial charge in [-0.15, -0.1) is 0 Å². The molecule has 9 nitrogen and oxygen atoms in total. The molecule has 0 bridgehead atoms. The zero-order valence-corrected chi connectivity index (χ0v) is 19.5. The van der Waals surface area contributed by atoms with Crippen molar-refractivity contribution in [2.24, 2.45) is 0 Å². The van der Waals surface area contributed by atoms with Gasteiger partial charge in [-0.25, -0.2) is 4.39 Å². The Morgan fingerprint density at radius 2 is 1.63 bits per heavy atom. The van der Waals surface area contributed by atoms with Crippen LogP contribution in [0.4, 0.5) is 10.1 Å². The van der Waals surface area contributed by atoms with E-state index in [-0.39, 0.29) is 30.6 Å². The predicted molar refractivity (Wildman–Crippen MR) is 126 cm³/mol. The second kappa shape index (κ2) is 11.0. The van der Waals surface area contributed by atoms with E-state index in [9.17, 15) is 24.2 Å².